The topological polar surface area (TPSA) is 152 Å². The van der Waals surface area contributed by atoms with Gasteiger partial charge in [-0.25, -0.2) is 4.79 Å². The van der Waals surface area contributed by atoms with Gasteiger partial charge in [0.25, 0.3) is 0 Å². The number of rotatable bonds is 6. The summed E-state index contributed by atoms with van der Waals surface area (Å²) < 4.78 is 4.69. The van der Waals surface area contributed by atoms with E-state index in [9.17, 15) is 14.4 Å². The Kier molecular flexibility index (Phi) is 4.80. The summed E-state index contributed by atoms with van der Waals surface area (Å²) in [6, 6.07) is -0.761. The van der Waals surface area contributed by atoms with E-state index in [1.165, 1.54) is 0 Å². The fourth-order valence-electron chi connectivity index (χ4n) is 1.23. The third-order valence-electron chi connectivity index (χ3n) is 1.93. The first-order valence-corrected chi connectivity index (χ1v) is 5.20. The number of carboxylic acid groups (broad SMARTS) is 1. The Labute approximate surface area is 107 Å². The van der Waals surface area contributed by atoms with Crippen molar-refractivity contribution in [3.8, 4) is 0 Å². The SMILES string of the molecule is Cc1nc(CNC(=O)N(CC(N)=O)CC(=O)O)no1. The summed E-state index contributed by atoms with van der Waals surface area (Å²) in [5, 5.41) is 14.5. The van der Waals surface area contributed by atoms with Crippen LogP contribution in [0.1, 0.15) is 11.7 Å². The lowest BCUT2D eigenvalue weighted by atomic mass is 10.4. The quantitative estimate of drug-likeness (QED) is 0.566. The molecule has 0 aliphatic carbocycles. The van der Waals surface area contributed by atoms with E-state index in [0.29, 0.717) is 5.89 Å². The zero-order valence-corrected chi connectivity index (χ0v) is 10.1. The first-order valence-electron chi connectivity index (χ1n) is 5.20. The highest BCUT2D eigenvalue weighted by molar-refractivity contribution is 5.85. The zero-order valence-electron chi connectivity index (χ0n) is 10.1. The maximum Gasteiger partial charge on any atom is 0.323 e. The molecule has 1 aromatic rings. The Hall–Kier alpha value is -2.65. The number of primary amides is 1. The fourth-order valence-corrected chi connectivity index (χ4v) is 1.23. The number of nitrogens with zero attached hydrogens (tertiary/aromatic N) is 3. The largest absolute Gasteiger partial charge is 0.480 e. The first kappa shape index (κ1) is 14.4. The Morgan fingerprint density at radius 2 is 2.11 bits per heavy atom. The number of amides is 3. The summed E-state index contributed by atoms with van der Waals surface area (Å²) in [6.07, 6.45) is 0. The second-order valence-corrected chi connectivity index (χ2v) is 3.60. The van der Waals surface area contributed by atoms with Crippen LogP contribution in [0.4, 0.5) is 4.79 Å². The Morgan fingerprint density at radius 3 is 2.58 bits per heavy atom. The summed E-state index contributed by atoms with van der Waals surface area (Å²) in [6.45, 7) is 0.399. The minimum Gasteiger partial charge on any atom is -0.480 e. The van der Waals surface area contributed by atoms with Crippen molar-refractivity contribution < 1.29 is 24.0 Å². The van der Waals surface area contributed by atoms with Gasteiger partial charge in [-0.1, -0.05) is 5.16 Å². The average molecular weight is 271 g/mol. The molecule has 0 aliphatic heterocycles. The molecule has 0 bridgehead atoms. The molecule has 1 heterocycles. The lowest BCUT2D eigenvalue weighted by Crippen LogP contribution is -2.46. The number of aryl methyl sites for hydroxylation is 1. The third-order valence-corrected chi connectivity index (χ3v) is 1.93. The second kappa shape index (κ2) is 6.33. The van der Waals surface area contributed by atoms with Crippen molar-refractivity contribution in [2.75, 3.05) is 13.1 Å². The van der Waals surface area contributed by atoms with Crippen LogP contribution in [0.2, 0.25) is 0 Å². The minimum absolute atomic E-state index is 0.0505. The van der Waals surface area contributed by atoms with Crippen molar-refractivity contribution in [2.24, 2.45) is 5.73 Å². The molecule has 0 unspecified atom stereocenters. The van der Waals surface area contributed by atoms with E-state index in [0.717, 1.165) is 4.90 Å². The number of nitrogens with one attached hydrogen (secondary N) is 1. The number of hydrogen-bond donors (Lipinski definition) is 3. The first-order chi connectivity index (χ1) is 8.88. The van der Waals surface area contributed by atoms with Gasteiger partial charge >= 0.3 is 12.0 Å². The van der Waals surface area contributed by atoms with Gasteiger partial charge in [0, 0.05) is 6.92 Å². The molecule has 0 saturated heterocycles. The summed E-state index contributed by atoms with van der Waals surface area (Å²) in [4.78, 5) is 37.6. The van der Waals surface area contributed by atoms with E-state index in [-0.39, 0.29) is 12.4 Å². The molecule has 1 rings (SSSR count). The predicted molar refractivity (Wildman–Crippen MR) is 59.7 cm³/mol. The third kappa shape index (κ3) is 5.02. The smallest absolute Gasteiger partial charge is 0.323 e. The van der Waals surface area contributed by atoms with E-state index in [1.807, 2.05) is 0 Å². The molecule has 0 saturated carbocycles. The standard InChI is InChI=1S/C9H13N5O5/c1-5-12-7(13-19-5)2-11-9(18)14(3-6(10)15)4-8(16)17/h2-4H2,1H3,(H2,10,15)(H,11,18)(H,16,17). The van der Waals surface area contributed by atoms with Crippen LogP contribution in [0.25, 0.3) is 0 Å². The molecule has 1 aromatic heterocycles. The van der Waals surface area contributed by atoms with E-state index in [2.05, 4.69) is 15.5 Å². The van der Waals surface area contributed by atoms with Crippen molar-refractivity contribution in [1.82, 2.24) is 20.4 Å². The molecular formula is C9H13N5O5. The van der Waals surface area contributed by atoms with Gasteiger partial charge in [0.15, 0.2) is 5.82 Å². The number of urea groups is 1. The fraction of sp³-hybridized carbons (Fsp3) is 0.444. The number of carbonyl (C=O) groups excluding carboxylic acids is 2. The van der Waals surface area contributed by atoms with Crippen LogP contribution in [0.15, 0.2) is 4.52 Å². The number of carbonyl (C=O) groups is 3. The number of aromatic nitrogens is 2. The molecule has 0 spiro atoms. The Morgan fingerprint density at radius 1 is 1.42 bits per heavy atom. The van der Waals surface area contributed by atoms with Crippen LogP contribution in [0.5, 0.6) is 0 Å². The molecule has 19 heavy (non-hydrogen) atoms. The van der Waals surface area contributed by atoms with Crippen LogP contribution < -0.4 is 11.1 Å². The highest BCUT2D eigenvalue weighted by atomic mass is 16.5. The van der Waals surface area contributed by atoms with Crippen LogP contribution in [0.3, 0.4) is 0 Å². The van der Waals surface area contributed by atoms with Crippen molar-refractivity contribution in [2.45, 2.75) is 13.5 Å². The van der Waals surface area contributed by atoms with E-state index >= 15 is 0 Å². The maximum absolute atomic E-state index is 11.7. The summed E-state index contributed by atoms with van der Waals surface area (Å²) in [5.74, 6) is -1.50. The Balaban J connectivity index is 2.55. The summed E-state index contributed by atoms with van der Waals surface area (Å²) in [5.41, 5.74) is 4.92. The van der Waals surface area contributed by atoms with E-state index < -0.39 is 31.0 Å². The number of nitrogens with two attached hydrogens (primary N) is 1. The molecule has 10 heteroatoms. The monoisotopic (exact) mass is 271 g/mol. The molecule has 0 fully saturated rings. The molecule has 0 aliphatic rings. The Bertz CT molecular complexity index is 469. The second-order valence-electron chi connectivity index (χ2n) is 3.60. The van der Waals surface area contributed by atoms with Crippen LogP contribution in [-0.4, -0.2) is 51.1 Å². The highest BCUT2D eigenvalue weighted by Crippen LogP contribution is 1.95. The molecule has 104 valence electrons. The summed E-state index contributed by atoms with van der Waals surface area (Å²) >= 11 is 0. The molecule has 4 N–H and O–H groups in total. The van der Waals surface area contributed by atoms with Crippen molar-refractivity contribution in [3.05, 3.63) is 11.7 Å². The number of hydrogen-bond acceptors (Lipinski definition) is 6. The normalized spacial score (nSPS) is 9.95. The van der Waals surface area contributed by atoms with E-state index in [1.54, 1.807) is 6.92 Å². The van der Waals surface area contributed by atoms with Gasteiger partial charge < -0.3 is 25.6 Å². The van der Waals surface area contributed by atoms with Crippen molar-refractivity contribution in [3.63, 3.8) is 0 Å². The number of carboxylic acids is 1. The highest BCUT2D eigenvalue weighted by Gasteiger charge is 2.19. The lowest BCUT2D eigenvalue weighted by molar-refractivity contribution is -0.137. The zero-order chi connectivity index (χ0) is 14.4. The predicted octanol–water partition coefficient (Wildman–Crippen LogP) is -1.54. The van der Waals surface area contributed by atoms with Gasteiger partial charge in [0.2, 0.25) is 11.8 Å². The van der Waals surface area contributed by atoms with Gasteiger partial charge in [0.1, 0.15) is 13.1 Å². The molecule has 0 aromatic carbocycles. The number of aliphatic carboxylic acids is 1. The summed E-state index contributed by atoms with van der Waals surface area (Å²) in [7, 11) is 0. The molecular weight excluding hydrogens is 258 g/mol. The van der Waals surface area contributed by atoms with E-state index in [4.69, 9.17) is 15.4 Å². The van der Waals surface area contributed by atoms with Gasteiger partial charge in [-0.15, -0.1) is 0 Å². The van der Waals surface area contributed by atoms with Crippen molar-refractivity contribution >= 4 is 17.9 Å². The van der Waals surface area contributed by atoms with Crippen molar-refractivity contribution in [1.29, 1.82) is 0 Å². The molecule has 3 amide bonds. The molecule has 0 atom stereocenters. The van der Waals surface area contributed by atoms with Crippen LogP contribution in [-0.2, 0) is 16.1 Å². The minimum atomic E-state index is -1.26. The van der Waals surface area contributed by atoms with Gasteiger partial charge in [-0.3, -0.25) is 9.59 Å². The van der Waals surface area contributed by atoms with Crippen LogP contribution >= 0.6 is 0 Å². The van der Waals surface area contributed by atoms with Crippen LogP contribution in [0, 0.1) is 6.92 Å². The molecule has 0 radical (unpaired) electrons. The van der Waals surface area contributed by atoms with Gasteiger partial charge in [-0.05, 0) is 0 Å². The van der Waals surface area contributed by atoms with Gasteiger partial charge in [0.05, 0.1) is 6.54 Å². The van der Waals surface area contributed by atoms with Gasteiger partial charge in [-0.2, -0.15) is 4.98 Å². The average Bonchev–Trinajstić information content (AvgIpc) is 2.70. The molecule has 10 nitrogen and oxygen atoms in total. The lowest BCUT2D eigenvalue weighted by Gasteiger charge is -2.18. The maximum atomic E-state index is 11.7.